The minimum atomic E-state index is -0.387. The molecular weight excluding hydrogens is 413 g/mol. The molecule has 2 aromatic carbocycles. The third-order valence-corrected chi connectivity index (χ3v) is 5.34. The molecule has 166 valence electrons. The zero-order valence-corrected chi connectivity index (χ0v) is 17.9. The van der Waals surface area contributed by atoms with Gasteiger partial charge < -0.3 is 19.9 Å². The van der Waals surface area contributed by atoms with E-state index in [9.17, 15) is 14.0 Å². The van der Waals surface area contributed by atoms with E-state index in [4.69, 9.17) is 4.74 Å². The maximum Gasteiger partial charge on any atom is 0.294 e. The van der Waals surface area contributed by atoms with Crippen LogP contribution in [0.5, 0.6) is 11.5 Å². The number of aryl methyl sites for hydroxylation is 1. The van der Waals surface area contributed by atoms with Gasteiger partial charge in [0.2, 0.25) is 0 Å². The van der Waals surface area contributed by atoms with Crippen LogP contribution in [0.15, 0.2) is 59.5 Å². The van der Waals surface area contributed by atoms with E-state index in [1.807, 2.05) is 11.9 Å². The van der Waals surface area contributed by atoms with Crippen LogP contribution in [0.4, 0.5) is 15.8 Å². The first-order valence-corrected chi connectivity index (χ1v) is 10.3. The van der Waals surface area contributed by atoms with Crippen LogP contribution in [0, 0.1) is 5.82 Å². The van der Waals surface area contributed by atoms with Gasteiger partial charge in [0, 0.05) is 44.5 Å². The van der Waals surface area contributed by atoms with Crippen molar-refractivity contribution in [3.8, 4) is 11.5 Å². The number of carbonyl (C=O) groups excluding carboxylic acids is 1. The van der Waals surface area contributed by atoms with Crippen LogP contribution in [-0.2, 0) is 7.05 Å². The number of halogens is 1. The Morgan fingerprint density at radius 1 is 1.00 bits per heavy atom. The molecule has 0 atom stereocenters. The summed E-state index contributed by atoms with van der Waals surface area (Å²) >= 11 is 0. The van der Waals surface area contributed by atoms with Crippen molar-refractivity contribution in [2.75, 3.05) is 38.5 Å². The number of nitrogens with one attached hydrogen (secondary N) is 1. The number of rotatable bonds is 5. The maximum atomic E-state index is 13.2. The van der Waals surface area contributed by atoms with E-state index in [2.05, 4.69) is 15.3 Å². The highest BCUT2D eigenvalue weighted by molar-refractivity contribution is 5.94. The normalized spacial score (nSPS) is 14.3. The van der Waals surface area contributed by atoms with Gasteiger partial charge in [-0.05, 0) is 55.6 Å². The van der Waals surface area contributed by atoms with E-state index in [-0.39, 0.29) is 28.7 Å². The van der Waals surface area contributed by atoms with Gasteiger partial charge in [0.15, 0.2) is 11.4 Å². The molecule has 1 aromatic heterocycles. The van der Waals surface area contributed by atoms with E-state index in [1.54, 1.807) is 24.3 Å². The number of nitrogens with zero attached hydrogens (tertiary/aromatic N) is 4. The quantitative estimate of drug-likeness (QED) is 0.661. The Morgan fingerprint density at radius 3 is 2.31 bits per heavy atom. The predicted molar refractivity (Wildman–Crippen MR) is 119 cm³/mol. The van der Waals surface area contributed by atoms with Gasteiger partial charge in [0.1, 0.15) is 11.6 Å². The van der Waals surface area contributed by atoms with Crippen molar-refractivity contribution >= 4 is 17.3 Å². The zero-order valence-electron chi connectivity index (χ0n) is 17.9. The molecule has 3 aromatic rings. The molecule has 0 radical (unpaired) electrons. The van der Waals surface area contributed by atoms with Gasteiger partial charge in [0.05, 0.1) is 6.20 Å². The van der Waals surface area contributed by atoms with Crippen molar-refractivity contribution in [1.82, 2.24) is 19.6 Å². The van der Waals surface area contributed by atoms with E-state index in [0.717, 1.165) is 13.1 Å². The average molecular weight is 437 g/mol. The van der Waals surface area contributed by atoms with Gasteiger partial charge >= 0.3 is 0 Å². The fourth-order valence-electron chi connectivity index (χ4n) is 3.38. The first-order chi connectivity index (χ1) is 15.4. The summed E-state index contributed by atoms with van der Waals surface area (Å²) in [5.74, 6) is 0.184. The minimum Gasteiger partial charge on any atom is -0.453 e. The first kappa shape index (κ1) is 21.5. The molecule has 8 nitrogen and oxygen atoms in total. The Morgan fingerprint density at radius 2 is 1.66 bits per heavy atom. The number of hydrogen-bond donors (Lipinski definition) is 1. The van der Waals surface area contributed by atoms with Crippen LogP contribution < -0.4 is 15.6 Å². The third-order valence-electron chi connectivity index (χ3n) is 5.34. The van der Waals surface area contributed by atoms with Crippen LogP contribution in [0.25, 0.3) is 0 Å². The van der Waals surface area contributed by atoms with E-state index >= 15 is 0 Å². The highest BCUT2D eigenvalue weighted by Gasteiger charge is 2.20. The van der Waals surface area contributed by atoms with E-state index in [1.165, 1.54) is 42.2 Å². The summed E-state index contributed by atoms with van der Waals surface area (Å²) in [6.45, 7) is 3.11. The van der Waals surface area contributed by atoms with Gasteiger partial charge in [-0.15, -0.1) is 0 Å². The number of ether oxygens (including phenoxy) is 1. The summed E-state index contributed by atoms with van der Waals surface area (Å²) in [7, 11) is 3.58. The number of benzene rings is 2. The Bertz CT molecular complexity index is 1150. The van der Waals surface area contributed by atoms with E-state index in [0.29, 0.717) is 30.1 Å². The van der Waals surface area contributed by atoms with Crippen molar-refractivity contribution in [2.24, 2.45) is 7.05 Å². The molecule has 0 aliphatic carbocycles. The largest absolute Gasteiger partial charge is 0.453 e. The van der Waals surface area contributed by atoms with Crippen molar-refractivity contribution in [3.63, 3.8) is 0 Å². The Balaban J connectivity index is 1.53. The molecule has 2 heterocycles. The third kappa shape index (κ3) is 4.78. The van der Waals surface area contributed by atoms with E-state index < -0.39 is 0 Å². The molecule has 0 bridgehead atoms. The van der Waals surface area contributed by atoms with Crippen LogP contribution in [0.3, 0.4) is 0 Å². The summed E-state index contributed by atoms with van der Waals surface area (Å²) in [4.78, 5) is 29.4. The van der Waals surface area contributed by atoms with Crippen LogP contribution >= 0.6 is 0 Å². The van der Waals surface area contributed by atoms with Crippen molar-refractivity contribution in [2.45, 2.75) is 0 Å². The molecular formula is C23H24FN5O3. The molecule has 1 amide bonds. The summed E-state index contributed by atoms with van der Waals surface area (Å²) in [6, 6.07) is 12.4. The second-order valence-corrected chi connectivity index (χ2v) is 7.67. The SMILES string of the molecule is CN1CCN(C(=O)c2ccc(Nc3c(Oc4ccc(F)cc4)cnn(C)c3=O)cc2)CC1. The molecule has 0 unspecified atom stereocenters. The number of carbonyl (C=O) groups is 1. The molecule has 0 spiro atoms. The fourth-order valence-corrected chi connectivity index (χ4v) is 3.38. The minimum absolute atomic E-state index is 0.00944. The lowest BCUT2D eigenvalue weighted by molar-refractivity contribution is 0.0664. The average Bonchev–Trinajstić information content (AvgIpc) is 2.80. The monoisotopic (exact) mass is 437 g/mol. The summed E-state index contributed by atoms with van der Waals surface area (Å²) in [5.41, 5.74) is 1.00. The molecule has 4 rings (SSSR count). The fraction of sp³-hybridized carbons (Fsp3) is 0.261. The van der Waals surface area contributed by atoms with Crippen molar-refractivity contribution < 1.29 is 13.9 Å². The summed E-state index contributed by atoms with van der Waals surface area (Å²) in [5, 5.41) is 7.06. The number of amides is 1. The number of hydrogen-bond acceptors (Lipinski definition) is 6. The lowest BCUT2D eigenvalue weighted by Gasteiger charge is -2.32. The van der Waals surface area contributed by atoms with Gasteiger partial charge in [-0.25, -0.2) is 9.07 Å². The molecule has 0 saturated carbocycles. The lowest BCUT2D eigenvalue weighted by atomic mass is 10.1. The Hall–Kier alpha value is -3.72. The number of aromatic nitrogens is 2. The second-order valence-electron chi connectivity index (χ2n) is 7.67. The second kappa shape index (κ2) is 9.19. The summed E-state index contributed by atoms with van der Waals surface area (Å²) < 4.78 is 20.1. The Kier molecular flexibility index (Phi) is 6.18. The zero-order chi connectivity index (χ0) is 22.7. The number of anilines is 2. The standard InChI is InChI=1S/C23H24FN5O3/c1-27-11-13-29(14-12-27)22(30)16-3-7-18(8-4-16)26-21-20(15-25-28(2)23(21)31)32-19-9-5-17(24)6-10-19/h3-10,15,26H,11-14H2,1-2H3. The van der Waals surface area contributed by atoms with Crippen LogP contribution in [0.1, 0.15) is 10.4 Å². The van der Waals surface area contributed by atoms with Gasteiger partial charge in [0.25, 0.3) is 11.5 Å². The van der Waals surface area contributed by atoms with Crippen molar-refractivity contribution in [3.05, 3.63) is 76.5 Å². The molecule has 9 heteroatoms. The van der Waals surface area contributed by atoms with Crippen LogP contribution in [0.2, 0.25) is 0 Å². The maximum absolute atomic E-state index is 13.2. The summed E-state index contributed by atoms with van der Waals surface area (Å²) in [6.07, 6.45) is 1.42. The molecule has 1 aliphatic rings. The van der Waals surface area contributed by atoms with Gasteiger partial charge in [-0.1, -0.05) is 0 Å². The molecule has 1 aliphatic heterocycles. The highest BCUT2D eigenvalue weighted by atomic mass is 19.1. The molecule has 1 saturated heterocycles. The first-order valence-electron chi connectivity index (χ1n) is 10.3. The van der Waals surface area contributed by atoms with Gasteiger partial charge in [-0.2, -0.15) is 5.10 Å². The molecule has 32 heavy (non-hydrogen) atoms. The lowest BCUT2D eigenvalue weighted by Crippen LogP contribution is -2.47. The van der Waals surface area contributed by atoms with Crippen LogP contribution in [-0.4, -0.2) is 58.7 Å². The topological polar surface area (TPSA) is 79.7 Å². The Labute approximate surface area is 184 Å². The smallest absolute Gasteiger partial charge is 0.294 e. The predicted octanol–water partition coefficient (Wildman–Crippen LogP) is 2.84. The van der Waals surface area contributed by atoms with Crippen molar-refractivity contribution in [1.29, 1.82) is 0 Å². The van der Waals surface area contributed by atoms with Gasteiger partial charge in [-0.3, -0.25) is 9.59 Å². The highest BCUT2D eigenvalue weighted by Crippen LogP contribution is 2.28. The molecule has 1 N–H and O–H groups in total. The number of likely N-dealkylation sites (N-methyl/N-ethyl adjacent to an activating group) is 1. The molecule has 1 fully saturated rings. The number of piperazine rings is 1.